The van der Waals surface area contributed by atoms with Gasteiger partial charge in [-0.2, -0.15) is 0 Å². The van der Waals surface area contributed by atoms with Gasteiger partial charge in [-0.15, -0.1) is 0 Å². The molecule has 1 aromatic carbocycles. The summed E-state index contributed by atoms with van der Waals surface area (Å²) < 4.78 is 5.10. The van der Waals surface area contributed by atoms with Crippen molar-refractivity contribution in [2.24, 2.45) is 5.92 Å². The van der Waals surface area contributed by atoms with E-state index in [4.69, 9.17) is 4.74 Å². The number of ether oxygens (including phenoxy) is 1. The predicted molar refractivity (Wildman–Crippen MR) is 85.4 cm³/mol. The molecule has 112 valence electrons. The molecule has 2 heteroatoms. The molecular weight excluding hydrogens is 248 g/mol. The zero-order chi connectivity index (χ0) is 14.8. The minimum Gasteiger partial charge on any atom is -0.504 e. The van der Waals surface area contributed by atoms with Crippen molar-refractivity contribution in [2.45, 2.75) is 52.4 Å². The van der Waals surface area contributed by atoms with Crippen molar-refractivity contribution < 1.29 is 9.84 Å². The summed E-state index contributed by atoms with van der Waals surface area (Å²) in [4.78, 5) is 0. The molecule has 0 aromatic heterocycles. The van der Waals surface area contributed by atoms with E-state index in [1.54, 1.807) is 13.2 Å². The molecule has 0 spiro atoms. The summed E-state index contributed by atoms with van der Waals surface area (Å²) in [6.07, 6.45) is 11.8. The minimum absolute atomic E-state index is 0.199. The molecule has 0 fully saturated rings. The van der Waals surface area contributed by atoms with Crippen molar-refractivity contribution in [1.82, 2.24) is 0 Å². The fourth-order valence-corrected chi connectivity index (χ4v) is 2.18. The van der Waals surface area contributed by atoms with Gasteiger partial charge >= 0.3 is 0 Å². The van der Waals surface area contributed by atoms with Gasteiger partial charge in [-0.1, -0.05) is 51.3 Å². The monoisotopic (exact) mass is 276 g/mol. The average molecular weight is 276 g/mol. The van der Waals surface area contributed by atoms with E-state index in [0.29, 0.717) is 5.75 Å². The van der Waals surface area contributed by atoms with E-state index in [1.807, 2.05) is 12.1 Å². The van der Waals surface area contributed by atoms with Crippen molar-refractivity contribution in [2.75, 3.05) is 7.11 Å². The molecule has 0 unspecified atom stereocenters. The first kappa shape index (κ1) is 16.6. The molecule has 2 nitrogen and oxygen atoms in total. The Morgan fingerprint density at radius 1 is 1.15 bits per heavy atom. The Bertz CT molecular complexity index is 408. The second-order valence-corrected chi connectivity index (χ2v) is 5.71. The van der Waals surface area contributed by atoms with Crippen LogP contribution < -0.4 is 4.74 Å². The van der Waals surface area contributed by atoms with E-state index >= 15 is 0 Å². The summed E-state index contributed by atoms with van der Waals surface area (Å²) in [5.41, 5.74) is 1.16. The van der Waals surface area contributed by atoms with Gasteiger partial charge in [0.05, 0.1) is 7.11 Å². The Balaban J connectivity index is 2.21. The quantitative estimate of drug-likeness (QED) is 0.502. The van der Waals surface area contributed by atoms with Crippen molar-refractivity contribution in [3.05, 3.63) is 35.9 Å². The topological polar surface area (TPSA) is 29.5 Å². The molecule has 0 heterocycles. The van der Waals surface area contributed by atoms with Gasteiger partial charge in [-0.3, -0.25) is 0 Å². The normalized spacial score (nSPS) is 11.4. The number of aromatic hydroxyl groups is 1. The molecule has 20 heavy (non-hydrogen) atoms. The summed E-state index contributed by atoms with van der Waals surface area (Å²) in [5, 5.41) is 9.52. The van der Waals surface area contributed by atoms with Gasteiger partial charge in [-0.05, 0) is 42.9 Å². The SMILES string of the molecule is COc1cc(CC=CCCCCCC(C)C)ccc1O. The first-order valence-electron chi connectivity index (χ1n) is 7.64. The van der Waals surface area contributed by atoms with E-state index in [1.165, 1.54) is 25.7 Å². The standard InChI is InChI=1S/C18H28O2/c1-15(2)10-8-6-4-5-7-9-11-16-12-13-17(19)18(14-16)20-3/h7,9,12-15,19H,4-6,8,10-11H2,1-3H3. The zero-order valence-electron chi connectivity index (χ0n) is 13.1. The molecule has 0 saturated carbocycles. The van der Waals surface area contributed by atoms with Crippen LogP contribution in [-0.2, 0) is 6.42 Å². The highest BCUT2D eigenvalue weighted by Crippen LogP contribution is 2.26. The Kier molecular flexibility index (Phi) is 7.86. The van der Waals surface area contributed by atoms with E-state index in [2.05, 4.69) is 26.0 Å². The Labute approximate surface area is 123 Å². The highest BCUT2D eigenvalue weighted by atomic mass is 16.5. The van der Waals surface area contributed by atoms with Gasteiger partial charge in [0, 0.05) is 0 Å². The molecule has 1 N–H and O–H groups in total. The highest BCUT2D eigenvalue weighted by molar-refractivity contribution is 5.42. The summed E-state index contributed by atoms with van der Waals surface area (Å²) in [7, 11) is 1.58. The summed E-state index contributed by atoms with van der Waals surface area (Å²) in [5.74, 6) is 1.57. The number of unbranched alkanes of at least 4 members (excludes halogenated alkanes) is 3. The summed E-state index contributed by atoms with van der Waals surface area (Å²) in [6, 6.07) is 5.51. The fourth-order valence-electron chi connectivity index (χ4n) is 2.18. The first-order valence-corrected chi connectivity index (χ1v) is 7.64. The van der Waals surface area contributed by atoms with Crippen LogP contribution >= 0.6 is 0 Å². The number of rotatable bonds is 9. The van der Waals surface area contributed by atoms with Crippen LogP contribution in [0.15, 0.2) is 30.4 Å². The number of allylic oxidation sites excluding steroid dienone is 2. The van der Waals surface area contributed by atoms with Crippen LogP contribution in [0.5, 0.6) is 11.5 Å². The van der Waals surface area contributed by atoms with Gasteiger partial charge in [-0.25, -0.2) is 0 Å². The summed E-state index contributed by atoms with van der Waals surface area (Å²) in [6.45, 7) is 4.57. The smallest absolute Gasteiger partial charge is 0.160 e. The Hall–Kier alpha value is -1.44. The van der Waals surface area contributed by atoms with Crippen LogP contribution in [0.2, 0.25) is 0 Å². The van der Waals surface area contributed by atoms with E-state index < -0.39 is 0 Å². The van der Waals surface area contributed by atoms with E-state index in [-0.39, 0.29) is 5.75 Å². The van der Waals surface area contributed by atoms with Crippen molar-refractivity contribution in [1.29, 1.82) is 0 Å². The predicted octanol–water partition coefficient (Wildman–Crippen LogP) is 5.11. The zero-order valence-corrected chi connectivity index (χ0v) is 13.1. The van der Waals surface area contributed by atoms with Crippen LogP contribution in [0, 0.1) is 5.92 Å². The highest BCUT2D eigenvalue weighted by Gasteiger charge is 2.01. The third-order valence-corrected chi connectivity index (χ3v) is 3.42. The van der Waals surface area contributed by atoms with Gasteiger partial charge in [0.1, 0.15) is 0 Å². The maximum atomic E-state index is 9.52. The van der Waals surface area contributed by atoms with Crippen LogP contribution in [0.4, 0.5) is 0 Å². The molecule has 0 bridgehead atoms. The van der Waals surface area contributed by atoms with Crippen molar-refractivity contribution in [3.8, 4) is 11.5 Å². The molecule has 1 aromatic rings. The molecule has 0 aliphatic rings. The van der Waals surface area contributed by atoms with Crippen LogP contribution in [0.3, 0.4) is 0 Å². The first-order chi connectivity index (χ1) is 9.63. The average Bonchev–Trinajstić information content (AvgIpc) is 2.43. The lowest BCUT2D eigenvalue weighted by molar-refractivity contribution is 0.373. The second kappa shape index (κ2) is 9.46. The third-order valence-electron chi connectivity index (χ3n) is 3.42. The lowest BCUT2D eigenvalue weighted by Gasteiger charge is -2.05. The summed E-state index contributed by atoms with van der Waals surface area (Å²) >= 11 is 0. The van der Waals surface area contributed by atoms with Gasteiger partial charge < -0.3 is 9.84 Å². The largest absolute Gasteiger partial charge is 0.504 e. The van der Waals surface area contributed by atoms with Crippen molar-refractivity contribution in [3.63, 3.8) is 0 Å². The Morgan fingerprint density at radius 2 is 1.95 bits per heavy atom. The second-order valence-electron chi connectivity index (χ2n) is 5.71. The van der Waals surface area contributed by atoms with E-state index in [9.17, 15) is 5.11 Å². The van der Waals surface area contributed by atoms with Crippen molar-refractivity contribution >= 4 is 0 Å². The van der Waals surface area contributed by atoms with Crippen LogP contribution in [0.1, 0.15) is 51.5 Å². The molecular formula is C18H28O2. The number of methoxy groups -OCH3 is 1. The van der Waals surface area contributed by atoms with Gasteiger partial charge in [0.15, 0.2) is 11.5 Å². The maximum Gasteiger partial charge on any atom is 0.160 e. The number of phenolic OH excluding ortho intramolecular Hbond substituents is 1. The van der Waals surface area contributed by atoms with E-state index in [0.717, 1.165) is 24.3 Å². The fraction of sp³-hybridized carbons (Fsp3) is 0.556. The number of benzene rings is 1. The molecule has 1 rings (SSSR count). The molecule has 0 aliphatic heterocycles. The van der Waals surface area contributed by atoms with Gasteiger partial charge in [0.25, 0.3) is 0 Å². The van der Waals surface area contributed by atoms with Gasteiger partial charge in [0.2, 0.25) is 0 Å². The third kappa shape index (κ3) is 6.65. The van der Waals surface area contributed by atoms with Crippen LogP contribution in [-0.4, -0.2) is 12.2 Å². The molecule has 0 radical (unpaired) electrons. The number of hydrogen-bond donors (Lipinski definition) is 1. The minimum atomic E-state index is 0.199. The van der Waals surface area contributed by atoms with Crippen LogP contribution in [0.25, 0.3) is 0 Å². The maximum absolute atomic E-state index is 9.52. The number of phenols is 1. The lowest BCUT2D eigenvalue weighted by atomic mass is 10.0. The molecule has 0 saturated heterocycles. The number of hydrogen-bond acceptors (Lipinski definition) is 2. The Morgan fingerprint density at radius 3 is 2.65 bits per heavy atom. The molecule has 0 atom stereocenters. The lowest BCUT2D eigenvalue weighted by Crippen LogP contribution is -1.87. The molecule has 0 amide bonds. The molecule has 0 aliphatic carbocycles.